The van der Waals surface area contributed by atoms with Crippen molar-refractivity contribution >= 4 is 11.9 Å². The molecule has 0 aliphatic carbocycles. The molecule has 2 aromatic rings. The fourth-order valence-electron chi connectivity index (χ4n) is 2.85. The number of nitrogens with two attached hydrogens (primary N) is 1. The number of hydrogen-bond donors (Lipinski definition) is 1. The van der Waals surface area contributed by atoms with Crippen LogP contribution in [0.5, 0.6) is 0 Å². The Balaban J connectivity index is 1.52. The number of benzene rings is 1. The van der Waals surface area contributed by atoms with E-state index in [1.807, 2.05) is 36.4 Å². The molecular formula is C17H19N5O2. The summed E-state index contributed by atoms with van der Waals surface area (Å²) in [7, 11) is 0. The largest absolute Gasteiger partial charge is 0.445 e. The number of carbonyl (C=O) groups is 1. The van der Waals surface area contributed by atoms with Crippen LogP contribution in [0.4, 0.5) is 10.6 Å². The Hall–Kier alpha value is -3.01. The van der Waals surface area contributed by atoms with E-state index in [1.165, 1.54) is 6.20 Å². The van der Waals surface area contributed by atoms with Gasteiger partial charge in [0, 0.05) is 13.1 Å². The number of ether oxygens (including phenoxy) is 1. The van der Waals surface area contributed by atoms with E-state index in [4.69, 9.17) is 15.7 Å². The summed E-state index contributed by atoms with van der Waals surface area (Å²) in [6, 6.07) is 11.7. The summed E-state index contributed by atoms with van der Waals surface area (Å²) in [5, 5.41) is 13.1. The van der Waals surface area contributed by atoms with Crippen LogP contribution in [0.2, 0.25) is 0 Å². The van der Waals surface area contributed by atoms with Gasteiger partial charge in [0.15, 0.2) is 0 Å². The Morgan fingerprint density at radius 2 is 2.04 bits per heavy atom. The van der Waals surface area contributed by atoms with Crippen molar-refractivity contribution in [3.8, 4) is 6.07 Å². The van der Waals surface area contributed by atoms with Crippen LogP contribution in [0.15, 0.2) is 36.5 Å². The van der Waals surface area contributed by atoms with Crippen LogP contribution in [-0.4, -0.2) is 33.9 Å². The van der Waals surface area contributed by atoms with Gasteiger partial charge >= 0.3 is 6.09 Å². The molecule has 1 amide bonds. The molecule has 2 N–H and O–H groups in total. The molecule has 1 aliphatic rings. The zero-order valence-corrected chi connectivity index (χ0v) is 13.3. The number of aromatic nitrogens is 2. The van der Waals surface area contributed by atoms with Gasteiger partial charge in [-0.2, -0.15) is 10.4 Å². The Bertz CT molecular complexity index is 742. The first kappa shape index (κ1) is 15.9. The van der Waals surface area contributed by atoms with E-state index in [9.17, 15) is 4.79 Å². The summed E-state index contributed by atoms with van der Waals surface area (Å²) >= 11 is 0. The first-order chi connectivity index (χ1) is 11.7. The zero-order chi connectivity index (χ0) is 16.9. The molecule has 124 valence electrons. The van der Waals surface area contributed by atoms with Gasteiger partial charge in [-0.25, -0.2) is 9.48 Å². The van der Waals surface area contributed by atoms with Crippen molar-refractivity contribution in [1.82, 2.24) is 14.7 Å². The molecule has 1 saturated heterocycles. The maximum absolute atomic E-state index is 12.1. The minimum atomic E-state index is -0.302. The van der Waals surface area contributed by atoms with E-state index in [1.54, 1.807) is 9.58 Å². The van der Waals surface area contributed by atoms with Crippen molar-refractivity contribution in [1.29, 1.82) is 5.26 Å². The van der Waals surface area contributed by atoms with Crippen LogP contribution in [0.1, 0.15) is 30.0 Å². The average Bonchev–Trinajstić information content (AvgIpc) is 3.01. The van der Waals surface area contributed by atoms with E-state index < -0.39 is 0 Å². The summed E-state index contributed by atoms with van der Waals surface area (Å²) in [6.45, 7) is 1.44. The highest BCUT2D eigenvalue weighted by atomic mass is 16.6. The van der Waals surface area contributed by atoms with Crippen molar-refractivity contribution in [2.75, 3.05) is 18.8 Å². The molecule has 24 heavy (non-hydrogen) atoms. The van der Waals surface area contributed by atoms with E-state index in [0.717, 1.165) is 18.4 Å². The molecule has 1 fully saturated rings. The lowest BCUT2D eigenvalue weighted by molar-refractivity contribution is 0.0823. The first-order valence-electron chi connectivity index (χ1n) is 7.87. The third-order valence-electron chi connectivity index (χ3n) is 4.23. The fraction of sp³-hybridized carbons (Fsp3) is 0.353. The molecule has 0 saturated carbocycles. The van der Waals surface area contributed by atoms with Crippen molar-refractivity contribution in [3.63, 3.8) is 0 Å². The quantitative estimate of drug-likeness (QED) is 0.934. The third-order valence-corrected chi connectivity index (χ3v) is 4.23. The Kier molecular flexibility index (Phi) is 4.66. The molecule has 1 aromatic carbocycles. The highest BCUT2D eigenvalue weighted by molar-refractivity contribution is 5.67. The molecular weight excluding hydrogens is 306 g/mol. The van der Waals surface area contributed by atoms with Crippen LogP contribution >= 0.6 is 0 Å². The van der Waals surface area contributed by atoms with Crippen molar-refractivity contribution in [2.45, 2.75) is 25.5 Å². The molecule has 7 nitrogen and oxygen atoms in total. The number of hydrogen-bond acceptors (Lipinski definition) is 5. The molecule has 0 atom stereocenters. The number of nitriles is 1. The lowest BCUT2D eigenvalue weighted by Crippen LogP contribution is -2.39. The maximum Gasteiger partial charge on any atom is 0.410 e. The number of nitrogen functional groups attached to an aromatic ring is 1. The number of amides is 1. The van der Waals surface area contributed by atoms with Crippen LogP contribution in [0.3, 0.4) is 0 Å². The summed E-state index contributed by atoms with van der Waals surface area (Å²) in [5.41, 5.74) is 7.28. The Morgan fingerprint density at radius 1 is 1.33 bits per heavy atom. The first-order valence-corrected chi connectivity index (χ1v) is 7.87. The van der Waals surface area contributed by atoms with Gasteiger partial charge < -0.3 is 15.4 Å². The van der Waals surface area contributed by atoms with Gasteiger partial charge in [0.25, 0.3) is 0 Å². The predicted octanol–water partition coefficient (Wildman–Crippen LogP) is 2.31. The third kappa shape index (κ3) is 3.33. The number of piperidine rings is 1. The smallest absolute Gasteiger partial charge is 0.410 e. The van der Waals surface area contributed by atoms with E-state index in [0.29, 0.717) is 24.5 Å². The van der Waals surface area contributed by atoms with Crippen LogP contribution in [0.25, 0.3) is 0 Å². The highest BCUT2D eigenvalue weighted by Gasteiger charge is 2.26. The Labute approximate surface area is 140 Å². The molecule has 1 aliphatic heterocycles. The lowest BCUT2D eigenvalue weighted by Gasteiger charge is -2.31. The molecule has 0 spiro atoms. The molecule has 7 heteroatoms. The molecule has 2 heterocycles. The predicted molar refractivity (Wildman–Crippen MR) is 87.8 cm³/mol. The number of anilines is 1. The SMILES string of the molecule is N#Cc1cnn(C2CCN(C(=O)OCc3ccccc3)CC2)c1N. The van der Waals surface area contributed by atoms with Crippen molar-refractivity contribution in [3.05, 3.63) is 47.7 Å². The van der Waals surface area contributed by atoms with Crippen LogP contribution in [0, 0.1) is 11.3 Å². The van der Waals surface area contributed by atoms with Gasteiger partial charge in [-0.1, -0.05) is 30.3 Å². The maximum atomic E-state index is 12.1. The average molecular weight is 325 g/mol. The van der Waals surface area contributed by atoms with E-state index >= 15 is 0 Å². The molecule has 0 unspecified atom stereocenters. The topological polar surface area (TPSA) is 97.2 Å². The van der Waals surface area contributed by atoms with Gasteiger partial charge in [0.1, 0.15) is 24.1 Å². The standard InChI is InChI=1S/C17H19N5O2/c18-10-14-11-20-22(16(14)19)15-6-8-21(9-7-15)17(23)24-12-13-4-2-1-3-5-13/h1-5,11,15H,6-9,12,19H2. The van der Waals surface area contributed by atoms with Crippen LogP contribution < -0.4 is 5.73 Å². The number of likely N-dealkylation sites (tertiary alicyclic amines) is 1. The minimum Gasteiger partial charge on any atom is -0.445 e. The summed E-state index contributed by atoms with van der Waals surface area (Å²) in [6.07, 6.45) is 2.65. The highest BCUT2D eigenvalue weighted by Crippen LogP contribution is 2.26. The van der Waals surface area contributed by atoms with Gasteiger partial charge in [-0.15, -0.1) is 0 Å². The number of carbonyl (C=O) groups excluding carboxylic acids is 1. The van der Waals surface area contributed by atoms with Crippen molar-refractivity contribution in [2.24, 2.45) is 0 Å². The molecule has 3 rings (SSSR count). The second-order valence-electron chi connectivity index (χ2n) is 5.76. The Morgan fingerprint density at radius 3 is 2.67 bits per heavy atom. The monoisotopic (exact) mass is 325 g/mol. The summed E-state index contributed by atoms with van der Waals surface area (Å²) in [5.74, 6) is 0.391. The van der Waals surface area contributed by atoms with Crippen LogP contribution in [-0.2, 0) is 11.3 Å². The summed E-state index contributed by atoms with van der Waals surface area (Å²) < 4.78 is 7.04. The van der Waals surface area contributed by atoms with Crippen molar-refractivity contribution < 1.29 is 9.53 Å². The summed E-state index contributed by atoms with van der Waals surface area (Å²) in [4.78, 5) is 13.8. The van der Waals surface area contributed by atoms with Gasteiger partial charge in [-0.3, -0.25) is 0 Å². The number of nitrogens with zero attached hydrogens (tertiary/aromatic N) is 4. The van der Waals surface area contributed by atoms with E-state index in [2.05, 4.69) is 5.10 Å². The second-order valence-corrected chi connectivity index (χ2v) is 5.76. The second kappa shape index (κ2) is 7.04. The van der Waals surface area contributed by atoms with Gasteiger partial charge in [-0.05, 0) is 18.4 Å². The van der Waals surface area contributed by atoms with Gasteiger partial charge in [0.2, 0.25) is 0 Å². The normalized spacial score (nSPS) is 15.0. The lowest BCUT2D eigenvalue weighted by atomic mass is 10.1. The number of rotatable bonds is 3. The molecule has 0 radical (unpaired) electrons. The zero-order valence-electron chi connectivity index (χ0n) is 13.3. The molecule has 0 bridgehead atoms. The fourth-order valence-corrected chi connectivity index (χ4v) is 2.85. The molecule has 1 aromatic heterocycles. The van der Waals surface area contributed by atoms with E-state index in [-0.39, 0.29) is 18.7 Å². The van der Waals surface area contributed by atoms with Gasteiger partial charge in [0.05, 0.1) is 12.2 Å². The minimum absolute atomic E-state index is 0.102.